The standard InChI is InChI=1S/C13H18F3N3O3/c1-7(2)19-9(3-4-18-19)10(20)8-5-17-6-12(8,11(21)22)13(14,15)16/h3-4,7-8,10,17,20H,5-6H2,1-2H3,(H,21,22)/t8-,10-,12+/m1/s1. The van der Waals surface area contributed by atoms with Crippen molar-refractivity contribution in [3.05, 3.63) is 18.0 Å². The number of carboxylic acid groups (broad SMARTS) is 1. The number of aromatic nitrogens is 2. The van der Waals surface area contributed by atoms with Crippen molar-refractivity contribution in [2.24, 2.45) is 11.3 Å². The number of alkyl halides is 3. The van der Waals surface area contributed by atoms with Crippen molar-refractivity contribution in [1.82, 2.24) is 15.1 Å². The van der Waals surface area contributed by atoms with Gasteiger partial charge in [-0.3, -0.25) is 9.48 Å². The Morgan fingerprint density at radius 3 is 2.68 bits per heavy atom. The average Bonchev–Trinajstić information content (AvgIpc) is 3.04. The molecule has 0 spiro atoms. The highest BCUT2D eigenvalue weighted by molar-refractivity contribution is 5.77. The summed E-state index contributed by atoms with van der Waals surface area (Å²) in [4.78, 5) is 11.4. The zero-order valence-electron chi connectivity index (χ0n) is 12.1. The number of carbonyl (C=O) groups is 1. The Hall–Kier alpha value is -1.61. The molecule has 0 bridgehead atoms. The molecule has 1 aromatic rings. The number of carboxylic acids is 1. The van der Waals surface area contributed by atoms with E-state index >= 15 is 0 Å². The molecule has 3 atom stereocenters. The molecule has 3 N–H and O–H groups in total. The predicted molar refractivity (Wildman–Crippen MR) is 70.1 cm³/mol. The Balaban J connectivity index is 2.45. The van der Waals surface area contributed by atoms with Crippen LogP contribution >= 0.6 is 0 Å². The molecule has 22 heavy (non-hydrogen) atoms. The number of aliphatic hydroxyl groups is 1. The fourth-order valence-corrected chi connectivity index (χ4v) is 2.97. The molecule has 1 aliphatic rings. The van der Waals surface area contributed by atoms with Gasteiger partial charge >= 0.3 is 12.1 Å². The molecule has 124 valence electrons. The molecule has 0 saturated carbocycles. The summed E-state index contributed by atoms with van der Waals surface area (Å²) in [6.45, 7) is 2.54. The molecular formula is C13H18F3N3O3. The van der Waals surface area contributed by atoms with Gasteiger partial charge in [0.05, 0.1) is 5.69 Å². The normalized spacial score (nSPS) is 27.3. The second-order valence-corrected chi connectivity index (χ2v) is 5.75. The second kappa shape index (κ2) is 5.54. The number of rotatable bonds is 4. The summed E-state index contributed by atoms with van der Waals surface area (Å²) in [6.07, 6.45) is -5.19. The minimum absolute atomic E-state index is 0.167. The van der Waals surface area contributed by atoms with Gasteiger partial charge < -0.3 is 15.5 Å². The van der Waals surface area contributed by atoms with E-state index in [9.17, 15) is 28.2 Å². The molecule has 2 heterocycles. The van der Waals surface area contributed by atoms with Crippen LogP contribution in [0.2, 0.25) is 0 Å². The summed E-state index contributed by atoms with van der Waals surface area (Å²) in [7, 11) is 0. The number of aliphatic hydroxyl groups excluding tert-OH is 1. The van der Waals surface area contributed by atoms with Gasteiger partial charge in [-0.1, -0.05) is 0 Å². The van der Waals surface area contributed by atoms with E-state index in [1.165, 1.54) is 16.9 Å². The summed E-state index contributed by atoms with van der Waals surface area (Å²) < 4.78 is 41.7. The smallest absolute Gasteiger partial charge is 0.406 e. The van der Waals surface area contributed by atoms with Crippen LogP contribution < -0.4 is 5.32 Å². The first-order valence-corrected chi connectivity index (χ1v) is 6.85. The lowest BCUT2D eigenvalue weighted by atomic mass is 9.73. The fourth-order valence-electron chi connectivity index (χ4n) is 2.97. The lowest BCUT2D eigenvalue weighted by Crippen LogP contribution is -2.52. The van der Waals surface area contributed by atoms with Crippen LogP contribution in [0.5, 0.6) is 0 Å². The Kier molecular flexibility index (Phi) is 4.22. The van der Waals surface area contributed by atoms with Crippen molar-refractivity contribution in [3.63, 3.8) is 0 Å². The fraction of sp³-hybridized carbons (Fsp3) is 0.692. The third-order valence-corrected chi connectivity index (χ3v) is 4.16. The predicted octanol–water partition coefficient (Wildman–Crippen LogP) is 1.35. The highest BCUT2D eigenvalue weighted by Crippen LogP contribution is 2.50. The topological polar surface area (TPSA) is 87.4 Å². The number of hydrogen-bond acceptors (Lipinski definition) is 4. The van der Waals surface area contributed by atoms with Gasteiger partial charge in [0.15, 0.2) is 5.41 Å². The third-order valence-electron chi connectivity index (χ3n) is 4.16. The van der Waals surface area contributed by atoms with E-state index < -0.39 is 36.1 Å². The van der Waals surface area contributed by atoms with Crippen molar-refractivity contribution in [3.8, 4) is 0 Å². The van der Waals surface area contributed by atoms with Crippen LogP contribution in [0.15, 0.2) is 12.3 Å². The highest BCUT2D eigenvalue weighted by Gasteiger charge is 2.68. The van der Waals surface area contributed by atoms with Crippen LogP contribution in [0.4, 0.5) is 13.2 Å². The second-order valence-electron chi connectivity index (χ2n) is 5.75. The summed E-state index contributed by atoms with van der Waals surface area (Å²) in [5, 5.41) is 26.0. The molecule has 1 aromatic heterocycles. The maximum atomic E-state index is 13.4. The third kappa shape index (κ3) is 2.38. The summed E-state index contributed by atoms with van der Waals surface area (Å²) >= 11 is 0. The van der Waals surface area contributed by atoms with Gasteiger partial charge in [-0.05, 0) is 19.9 Å². The van der Waals surface area contributed by atoms with E-state index in [4.69, 9.17) is 0 Å². The first kappa shape index (κ1) is 16.8. The number of nitrogens with one attached hydrogen (secondary N) is 1. The van der Waals surface area contributed by atoms with Crippen LogP contribution in [0, 0.1) is 11.3 Å². The maximum absolute atomic E-state index is 13.4. The van der Waals surface area contributed by atoms with E-state index in [1.54, 1.807) is 13.8 Å². The van der Waals surface area contributed by atoms with Crippen molar-refractivity contribution in [2.45, 2.75) is 32.2 Å². The van der Waals surface area contributed by atoms with Crippen LogP contribution in [-0.2, 0) is 4.79 Å². The van der Waals surface area contributed by atoms with E-state index in [0.717, 1.165) is 0 Å². The Labute approximate surface area is 124 Å². The summed E-state index contributed by atoms with van der Waals surface area (Å²) in [5.74, 6) is -3.51. The van der Waals surface area contributed by atoms with E-state index in [1.807, 2.05) is 0 Å². The molecular weight excluding hydrogens is 303 g/mol. The number of nitrogens with zero attached hydrogens (tertiary/aromatic N) is 2. The molecule has 1 fully saturated rings. The molecule has 0 unspecified atom stereocenters. The van der Waals surface area contributed by atoms with Gasteiger partial charge in [-0.15, -0.1) is 0 Å². The van der Waals surface area contributed by atoms with E-state index in [0.29, 0.717) is 0 Å². The Bertz CT molecular complexity index is 558. The van der Waals surface area contributed by atoms with Gasteiger partial charge in [0.2, 0.25) is 0 Å². The first-order valence-electron chi connectivity index (χ1n) is 6.85. The van der Waals surface area contributed by atoms with Gasteiger partial charge in [0.1, 0.15) is 6.10 Å². The van der Waals surface area contributed by atoms with Crippen LogP contribution in [0.25, 0.3) is 0 Å². The van der Waals surface area contributed by atoms with E-state index in [-0.39, 0.29) is 18.3 Å². The maximum Gasteiger partial charge on any atom is 0.406 e. The molecule has 6 nitrogen and oxygen atoms in total. The van der Waals surface area contributed by atoms with Gasteiger partial charge in [0, 0.05) is 31.2 Å². The zero-order chi connectivity index (χ0) is 16.7. The number of halogens is 3. The lowest BCUT2D eigenvalue weighted by Gasteiger charge is -2.35. The summed E-state index contributed by atoms with van der Waals surface area (Å²) in [5.41, 5.74) is -2.84. The molecule has 1 saturated heterocycles. The average molecular weight is 321 g/mol. The minimum Gasteiger partial charge on any atom is -0.481 e. The summed E-state index contributed by atoms with van der Waals surface area (Å²) in [6, 6.07) is 1.24. The van der Waals surface area contributed by atoms with Crippen LogP contribution in [0.1, 0.15) is 31.7 Å². The lowest BCUT2D eigenvalue weighted by molar-refractivity contribution is -0.244. The van der Waals surface area contributed by atoms with Gasteiger partial charge in [0.25, 0.3) is 0 Å². The van der Waals surface area contributed by atoms with Gasteiger partial charge in [-0.2, -0.15) is 18.3 Å². The minimum atomic E-state index is -4.98. The molecule has 9 heteroatoms. The Morgan fingerprint density at radius 2 is 2.18 bits per heavy atom. The van der Waals surface area contributed by atoms with E-state index in [2.05, 4.69) is 10.4 Å². The number of hydrogen-bond donors (Lipinski definition) is 3. The molecule has 2 rings (SSSR count). The van der Waals surface area contributed by atoms with Crippen molar-refractivity contribution < 1.29 is 28.2 Å². The number of aliphatic carboxylic acids is 1. The Morgan fingerprint density at radius 1 is 1.55 bits per heavy atom. The molecule has 0 radical (unpaired) electrons. The largest absolute Gasteiger partial charge is 0.481 e. The zero-order valence-corrected chi connectivity index (χ0v) is 12.1. The molecule has 0 aromatic carbocycles. The van der Waals surface area contributed by atoms with Crippen molar-refractivity contribution >= 4 is 5.97 Å². The molecule has 1 aliphatic heterocycles. The van der Waals surface area contributed by atoms with Crippen molar-refractivity contribution in [1.29, 1.82) is 0 Å². The quantitative estimate of drug-likeness (QED) is 0.779. The monoisotopic (exact) mass is 321 g/mol. The molecule has 0 amide bonds. The highest BCUT2D eigenvalue weighted by atomic mass is 19.4. The SMILES string of the molecule is CC(C)n1nccc1[C@H](O)[C@H]1CNC[C@]1(C(=O)O)C(F)(F)F. The van der Waals surface area contributed by atoms with Crippen LogP contribution in [-0.4, -0.2) is 45.2 Å². The van der Waals surface area contributed by atoms with Crippen molar-refractivity contribution in [2.75, 3.05) is 13.1 Å². The first-order chi connectivity index (χ1) is 10.1. The van der Waals surface area contributed by atoms with Crippen LogP contribution in [0.3, 0.4) is 0 Å². The molecule has 0 aliphatic carbocycles. The van der Waals surface area contributed by atoms with Gasteiger partial charge in [-0.25, -0.2) is 0 Å².